The minimum atomic E-state index is -0.383. The Morgan fingerprint density at radius 2 is 2.28 bits per heavy atom. The van der Waals surface area contributed by atoms with Crippen molar-refractivity contribution in [2.45, 2.75) is 38.3 Å². The fraction of sp³-hybridized carbons (Fsp3) is 0.571. The van der Waals surface area contributed by atoms with Crippen molar-refractivity contribution < 1.29 is 9.13 Å². The molecule has 0 aliphatic carbocycles. The van der Waals surface area contributed by atoms with Crippen molar-refractivity contribution in [3.8, 4) is 0 Å². The predicted octanol–water partition coefficient (Wildman–Crippen LogP) is 3.53. The molecule has 0 radical (unpaired) electrons. The van der Waals surface area contributed by atoms with Gasteiger partial charge in [0, 0.05) is 12.6 Å². The van der Waals surface area contributed by atoms with Crippen LogP contribution in [0.3, 0.4) is 0 Å². The van der Waals surface area contributed by atoms with Crippen LogP contribution in [0, 0.1) is 5.82 Å². The van der Waals surface area contributed by atoms with Gasteiger partial charge in [-0.25, -0.2) is 4.39 Å². The minimum Gasteiger partial charge on any atom is -0.377 e. The summed E-state index contributed by atoms with van der Waals surface area (Å²) in [4.78, 5) is 0. The van der Waals surface area contributed by atoms with Crippen LogP contribution in [0.15, 0.2) is 18.2 Å². The molecular weight excluding hydrogens is 253 g/mol. The van der Waals surface area contributed by atoms with E-state index in [2.05, 4.69) is 5.32 Å². The van der Waals surface area contributed by atoms with Crippen LogP contribution in [0.4, 0.5) is 4.39 Å². The summed E-state index contributed by atoms with van der Waals surface area (Å²) in [5.74, 6) is -0.383. The molecule has 100 valence electrons. The molecule has 1 atom stereocenters. The van der Waals surface area contributed by atoms with Gasteiger partial charge in [-0.3, -0.25) is 0 Å². The molecule has 18 heavy (non-hydrogen) atoms. The molecule has 1 aliphatic heterocycles. The summed E-state index contributed by atoms with van der Waals surface area (Å²) < 4.78 is 18.7. The fourth-order valence-electron chi connectivity index (χ4n) is 2.24. The molecule has 1 unspecified atom stereocenters. The number of piperidine rings is 1. The van der Waals surface area contributed by atoms with Crippen LogP contribution < -0.4 is 5.32 Å². The summed E-state index contributed by atoms with van der Waals surface area (Å²) in [5, 5.41) is 3.65. The second kappa shape index (κ2) is 7.07. The molecule has 0 amide bonds. The summed E-state index contributed by atoms with van der Waals surface area (Å²) in [6.07, 6.45) is 4.81. The molecular formula is C14H19ClFNO. The highest BCUT2D eigenvalue weighted by atomic mass is 35.5. The van der Waals surface area contributed by atoms with Crippen molar-refractivity contribution in [3.05, 3.63) is 34.6 Å². The number of nitrogens with one attached hydrogen (secondary N) is 1. The lowest BCUT2D eigenvalue weighted by Crippen LogP contribution is -2.34. The van der Waals surface area contributed by atoms with Crippen LogP contribution in [0.1, 0.15) is 31.2 Å². The van der Waals surface area contributed by atoms with Crippen LogP contribution in [-0.4, -0.2) is 19.2 Å². The standard InChI is InChI=1S/C14H19ClFNO/c15-14-11(4-3-6-13(14)16)10-18-9-7-12-5-1-2-8-17-12/h3-4,6,12,17H,1-2,5,7-10H2. The lowest BCUT2D eigenvalue weighted by molar-refractivity contribution is 0.108. The smallest absolute Gasteiger partial charge is 0.142 e. The Hall–Kier alpha value is -0.640. The first kappa shape index (κ1) is 13.8. The molecule has 1 heterocycles. The molecule has 1 aromatic carbocycles. The third kappa shape index (κ3) is 3.94. The van der Waals surface area contributed by atoms with Crippen LogP contribution in [0.2, 0.25) is 5.02 Å². The second-order valence-electron chi connectivity index (χ2n) is 4.70. The van der Waals surface area contributed by atoms with Crippen LogP contribution in [-0.2, 0) is 11.3 Å². The van der Waals surface area contributed by atoms with Crippen molar-refractivity contribution in [1.82, 2.24) is 5.32 Å². The summed E-state index contributed by atoms with van der Waals surface area (Å²) in [6.45, 7) is 2.17. The monoisotopic (exact) mass is 271 g/mol. The number of hydrogen-bond acceptors (Lipinski definition) is 2. The lowest BCUT2D eigenvalue weighted by Gasteiger charge is -2.23. The quantitative estimate of drug-likeness (QED) is 0.828. The van der Waals surface area contributed by atoms with Crippen LogP contribution in [0.5, 0.6) is 0 Å². The van der Waals surface area contributed by atoms with E-state index in [1.165, 1.54) is 25.3 Å². The molecule has 1 aliphatic rings. The van der Waals surface area contributed by atoms with Gasteiger partial charge >= 0.3 is 0 Å². The van der Waals surface area contributed by atoms with Gasteiger partial charge < -0.3 is 10.1 Å². The molecule has 0 spiro atoms. The Bertz CT molecular complexity index is 380. The van der Waals surface area contributed by atoms with Gasteiger partial charge in [0.25, 0.3) is 0 Å². The maximum atomic E-state index is 13.2. The predicted molar refractivity (Wildman–Crippen MR) is 71.3 cm³/mol. The number of benzene rings is 1. The SMILES string of the molecule is Fc1cccc(COCCC2CCCCN2)c1Cl. The first-order valence-electron chi connectivity index (χ1n) is 6.51. The number of hydrogen-bond donors (Lipinski definition) is 1. The third-order valence-electron chi connectivity index (χ3n) is 3.31. The highest BCUT2D eigenvalue weighted by Gasteiger charge is 2.12. The Morgan fingerprint density at radius 3 is 3.06 bits per heavy atom. The van der Waals surface area contributed by atoms with E-state index >= 15 is 0 Å². The Labute approximate surface area is 112 Å². The number of halogens is 2. The normalized spacial score (nSPS) is 20.0. The van der Waals surface area contributed by atoms with E-state index in [0.717, 1.165) is 13.0 Å². The van der Waals surface area contributed by atoms with Gasteiger partial charge in [-0.05, 0) is 37.4 Å². The summed E-state index contributed by atoms with van der Waals surface area (Å²) in [6, 6.07) is 5.38. The summed E-state index contributed by atoms with van der Waals surface area (Å²) in [7, 11) is 0. The lowest BCUT2D eigenvalue weighted by atomic mass is 10.0. The largest absolute Gasteiger partial charge is 0.377 e. The molecule has 4 heteroatoms. The van der Waals surface area contributed by atoms with Gasteiger partial charge in [0.15, 0.2) is 0 Å². The van der Waals surface area contributed by atoms with Crippen molar-refractivity contribution in [3.63, 3.8) is 0 Å². The maximum absolute atomic E-state index is 13.2. The molecule has 2 nitrogen and oxygen atoms in total. The molecule has 2 rings (SSSR count). The molecule has 1 fully saturated rings. The van der Waals surface area contributed by atoms with Gasteiger partial charge in [-0.15, -0.1) is 0 Å². The summed E-state index contributed by atoms with van der Waals surface area (Å²) in [5.41, 5.74) is 0.716. The zero-order chi connectivity index (χ0) is 12.8. The third-order valence-corrected chi connectivity index (χ3v) is 3.74. The maximum Gasteiger partial charge on any atom is 0.142 e. The number of rotatable bonds is 5. The van der Waals surface area contributed by atoms with Gasteiger partial charge in [0.05, 0.1) is 11.6 Å². The first-order chi connectivity index (χ1) is 8.77. The number of ether oxygens (including phenoxy) is 1. The van der Waals surface area contributed by atoms with E-state index in [1.807, 2.05) is 0 Å². The zero-order valence-corrected chi connectivity index (χ0v) is 11.2. The molecule has 1 N–H and O–H groups in total. The zero-order valence-electron chi connectivity index (χ0n) is 10.4. The van der Waals surface area contributed by atoms with E-state index in [-0.39, 0.29) is 10.8 Å². The van der Waals surface area contributed by atoms with E-state index in [9.17, 15) is 4.39 Å². The fourth-order valence-corrected chi connectivity index (χ4v) is 2.42. The minimum absolute atomic E-state index is 0.174. The van der Waals surface area contributed by atoms with Gasteiger partial charge in [0.2, 0.25) is 0 Å². The first-order valence-corrected chi connectivity index (χ1v) is 6.89. The topological polar surface area (TPSA) is 21.3 Å². The second-order valence-corrected chi connectivity index (χ2v) is 5.08. The Kier molecular flexibility index (Phi) is 5.42. The molecule has 1 aromatic rings. The van der Waals surface area contributed by atoms with Crippen molar-refractivity contribution >= 4 is 11.6 Å². The molecule has 0 bridgehead atoms. The summed E-state index contributed by atoms with van der Waals surface area (Å²) >= 11 is 5.85. The van der Waals surface area contributed by atoms with Crippen molar-refractivity contribution in [2.24, 2.45) is 0 Å². The van der Waals surface area contributed by atoms with Gasteiger partial charge in [-0.1, -0.05) is 30.2 Å². The van der Waals surface area contributed by atoms with E-state index in [1.54, 1.807) is 12.1 Å². The highest BCUT2D eigenvalue weighted by molar-refractivity contribution is 6.31. The van der Waals surface area contributed by atoms with Crippen molar-refractivity contribution in [1.29, 1.82) is 0 Å². The average Bonchev–Trinajstić information content (AvgIpc) is 2.40. The molecule has 0 aromatic heterocycles. The highest BCUT2D eigenvalue weighted by Crippen LogP contribution is 2.20. The molecule has 1 saturated heterocycles. The van der Waals surface area contributed by atoms with Gasteiger partial charge in [0.1, 0.15) is 5.82 Å². The van der Waals surface area contributed by atoms with Crippen LogP contribution in [0.25, 0.3) is 0 Å². The average molecular weight is 272 g/mol. The Morgan fingerprint density at radius 1 is 1.39 bits per heavy atom. The Balaban J connectivity index is 1.70. The van der Waals surface area contributed by atoms with E-state index < -0.39 is 0 Å². The van der Waals surface area contributed by atoms with Gasteiger partial charge in [-0.2, -0.15) is 0 Å². The molecule has 0 saturated carbocycles. The van der Waals surface area contributed by atoms with Crippen molar-refractivity contribution in [2.75, 3.05) is 13.2 Å². The van der Waals surface area contributed by atoms with E-state index in [0.29, 0.717) is 24.8 Å². The van der Waals surface area contributed by atoms with Crippen LogP contribution >= 0.6 is 11.6 Å². The van der Waals surface area contributed by atoms with E-state index in [4.69, 9.17) is 16.3 Å².